The lowest BCUT2D eigenvalue weighted by Crippen LogP contribution is -2.10. The topological polar surface area (TPSA) is 46.2 Å². The molecule has 1 saturated heterocycles. The van der Waals surface area contributed by atoms with Crippen LogP contribution in [0.3, 0.4) is 0 Å². The molecule has 0 bridgehead atoms. The fourth-order valence-corrected chi connectivity index (χ4v) is 5.15. The first-order valence-electron chi connectivity index (χ1n) is 13.4. The normalized spacial score (nSPS) is 20.4. The van der Waals surface area contributed by atoms with E-state index in [1.165, 1.54) is 0 Å². The van der Waals surface area contributed by atoms with Crippen LogP contribution >= 0.6 is 0 Å². The van der Waals surface area contributed by atoms with Crippen LogP contribution in [-0.4, -0.2) is 14.2 Å². The van der Waals surface area contributed by atoms with E-state index in [1.54, 1.807) is 14.2 Å². The van der Waals surface area contributed by atoms with E-state index in [9.17, 15) is 0 Å². The summed E-state index contributed by atoms with van der Waals surface area (Å²) in [5.41, 5.74) is 4.38. The summed E-state index contributed by atoms with van der Waals surface area (Å²) in [5, 5.41) is 0. The second-order valence-corrected chi connectivity index (χ2v) is 10.1. The number of rotatable bonds is 10. The Labute approximate surface area is 231 Å². The smallest absolute Gasteiger partial charge is 0.161 e. The number of hydrogen-bond acceptors (Lipinski definition) is 5. The molecule has 0 radical (unpaired) electrons. The lowest BCUT2D eigenvalue weighted by atomic mass is 9.85. The van der Waals surface area contributed by atoms with Gasteiger partial charge in [0.05, 0.1) is 26.4 Å². The van der Waals surface area contributed by atoms with E-state index in [4.69, 9.17) is 23.7 Å². The van der Waals surface area contributed by atoms with Gasteiger partial charge < -0.3 is 23.7 Å². The lowest BCUT2D eigenvalue weighted by Gasteiger charge is -2.19. The molecule has 202 valence electrons. The Kier molecular flexibility index (Phi) is 8.38. The fraction of sp³-hybridized carbons (Fsp3) is 0.294. The van der Waals surface area contributed by atoms with Gasteiger partial charge in [-0.15, -0.1) is 0 Å². The molecule has 5 rings (SSSR count). The highest BCUT2D eigenvalue weighted by molar-refractivity contribution is 5.46. The molecule has 4 atom stereocenters. The molecule has 1 heterocycles. The number of hydrogen-bond donors (Lipinski definition) is 0. The Bertz CT molecular complexity index is 1250. The predicted molar refractivity (Wildman–Crippen MR) is 152 cm³/mol. The maximum Gasteiger partial charge on any atom is 0.161 e. The van der Waals surface area contributed by atoms with E-state index in [0.717, 1.165) is 33.8 Å². The Morgan fingerprint density at radius 1 is 0.538 bits per heavy atom. The minimum atomic E-state index is -0.0675. The van der Waals surface area contributed by atoms with Gasteiger partial charge in [0.2, 0.25) is 0 Å². The highest BCUT2D eigenvalue weighted by atomic mass is 16.5. The molecule has 5 heteroatoms. The van der Waals surface area contributed by atoms with Gasteiger partial charge in [-0.3, -0.25) is 0 Å². The molecule has 0 unspecified atom stereocenters. The van der Waals surface area contributed by atoms with Gasteiger partial charge in [-0.05, 0) is 58.4 Å². The molecule has 1 aliphatic rings. The Morgan fingerprint density at radius 3 is 1.33 bits per heavy atom. The summed E-state index contributed by atoms with van der Waals surface area (Å²) in [6, 6.07) is 32.4. The van der Waals surface area contributed by atoms with Crippen molar-refractivity contribution in [3.8, 4) is 23.0 Å². The Hall–Kier alpha value is -3.96. The SMILES string of the molecule is COc1cc([C@H]2O[C@H](c3ccc(OCc4ccccc4)c(OC)c3)[C@H](C)[C@H]2C)ccc1OCc1ccccc1. The second kappa shape index (κ2) is 12.3. The Balaban J connectivity index is 1.30. The molecule has 0 N–H and O–H groups in total. The predicted octanol–water partition coefficient (Wildman–Crippen LogP) is 7.95. The first-order valence-corrected chi connectivity index (χ1v) is 13.4. The second-order valence-electron chi connectivity index (χ2n) is 10.1. The quantitative estimate of drug-likeness (QED) is 0.211. The minimum absolute atomic E-state index is 0.0675. The van der Waals surface area contributed by atoms with Crippen LogP contribution in [0, 0.1) is 11.8 Å². The highest BCUT2D eigenvalue weighted by Crippen LogP contribution is 2.50. The van der Waals surface area contributed by atoms with Gasteiger partial charge in [0.25, 0.3) is 0 Å². The van der Waals surface area contributed by atoms with Gasteiger partial charge >= 0.3 is 0 Å². The molecule has 5 nitrogen and oxygen atoms in total. The number of ether oxygens (including phenoxy) is 5. The lowest BCUT2D eigenvalue weighted by molar-refractivity contribution is 0.0287. The average Bonchev–Trinajstić information content (AvgIpc) is 3.29. The molecule has 0 aliphatic carbocycles. The minimum Gasteiger partial charge on any atom is -0.493 e. The van der Waals surface area contributed by atoms with Crippen LogP contribution in [0.2, 0.25) is 0 Å². The summed E-state index contributed by atoms with van der Waals surface area (Å²) in [5.74, 6) is 3.45. The van der Waals surface area contributed by atoms with Gasteiger partial charge in [-0.1, -0.05) is 86.6 Å². The van der Waals surface area contributed by atoms with Crippen molar-refractivity contribution in [2.75, 3.05) is 14.2 Å². The molecular weight excluding hydrogens is 488 g/mol. The summed E-state index contributed by atoms with van der Waals surface area (Å²) >= 11 is 0. The van der Waals surface area contributed by atoms with E-state index in [1.807, 2.05) is 84.9 Å². The van der Waals surface area contributed by atoms with Crippen molar-refractivity contribution in [2.24, 2.45) is 11.8 Å². The first kappa shape index (κ1) is 26.6. The molecule has 1 aliphatic heterocycles. The van der Waals surface area contributed by atoms with Crippen LogP contribution in [-0.2, 0) is 18.0 Å². The third-order valence-corrected chi connectivity index (χ3v) is 7.58. The molecule has 39 heavy (non-hydrogen) atoms. The van der Waals surface area contributed by atoms with Crippen molar-refractivity contribution >= 4 is 0 Å². The fourth-order valence-electron chi connectivity index (χ4n) is 5.15. The maximum absolute atomic E-state index is 6.70. The zero-order valence-corrected chi connectivity index (χ0v) is 23.0. The average molecular weight is 525 g/mol. The zero-order chi connectivity index (χ0) is 27.2. The molecule has 0 saturated carbocycles. The van der Waals surface area contributed by atoms with E-state index in [2.05, 4.69) is 26.0 Å². The third kappa shape index (κ3) is 6.04. The van der Waals surface area contributed by atoms with Crippen LogP contribution in [0.5, 0.6) is 23.0 Å². The summed E-state index contributed by atoms with van der Waals surface area (Å²) in [6.07, 6.45) is -0.135. The van der Waals surface area contributed by atoms with E-state index in [-0.39, 0.29) is 12.2 Å². The van der Waals surface area contributed by atoms with Crippen molar-refractivity contribution in [2.45, 2.75) is 39.3 Å². The standard InChI is InChI=1S/C34H36O5/c1-23-24(2)34(28-16-18-30(32(20-28)36-4)38-22-26-13-9-6-10-14-26)39-33(23)27-15-17-29(31(19-27)35-3)37-21-25-11-7-5-8-12-25/h5-20,23-24,33-34H,21-22H2,1-4H3/t23-,24-,33+,34+/m1/s1. The van der Waals surface area contributed by atoms with Crippen LogP contribution in [0.25, 0.3) is 0 Å². The summed E-state index contributed by atoms with van der Waals surface area (Å²) in [7, 11) is 3.35. The molecule has 0 amide bonds. The molecule has 0 spiro atoms. The van der Waals surface area contributed by atoms with E-state index >= 15 is 0 Å². The maximum atomic E-state index is 6.70. The molecule has 0 aromatic heterocycles. The molecule has 4 aromatic carbocycles. The van der Waals surface area contributed by atoms with Crippen molar-refractivity contribution in [3.05, 3.63) is 119 Å². The van der Waals surface area contributed by atoms with Crippen molar-refractivity contribution < 1.29 is 23.7 Å². The van der Waals surface area contributed by atoms with Gasteiger partial charge in [0.15, 0.2) is 23.0 Å². The van der Waals surface area contributed by atoms with Crippen molar-refractivity contribution in [1.29, 1.82) is 0 Å². The summed E-state index contributed by atoms with van der Waals surface area (Å²) in [4.78, 5) is 0. The van der Waals surface area contributed by atoms with Gasteiger partial charge in [-0.25, -0.2) is 0 Å². The largest absolute Gasteiger partial charge is 0.493 e. The number of benzene rings is 4. The Morgan fingerprint density at radius 2 is 0.949 bits per heavy atom. The first-order chi connectivity index (χ1) is 19.1. The third-order valence-electron chi connectivity index (χ3n) is 7.58. The summed E-state index contributed by atoms with van der Waals surface area (Å²) < 4.78 is 30.2. The van der Waals surface area contributed by atoms with E-state index in [0.29, 0.717) is 36.5 Å². The van der Waals surface area contributed by atoms with Crippen molar-refractivity contribution in [3.63, 3.8) is 0 Å². The van der Waals surface area contributed by atoms with Gasteiger partial charge in [0.1, 0.15) is 13.2 Å². The van der Waals surface area contributed by atoms with Crippen LogP contribution in [0.15, 0.2) is 97.1 Å². The van der Waals surface area contributed by atoms with E-state index < -0.39 is 0 Å². The van der Waals surface area contributed by atoms with Crippen LogP contribution < -0.4 is 18.9 Å². The zero-order valence-electron chi connectivity index (χ0n) is 23.0. The monoisotopic (exact) mass is 524 g/mol. The van der Waals surface area contributed by atoms with Gasteiger partial charge in [0, 0.05) is 0 Å². The highest BCUT2D eigenvalue weighted by Gasteiger charge is 2.41. The molecular formula is C34H36O5. The molecule has 4 aromatic rings. The van der Waals surface area contributed by atoms with Gasteiger partial charge in [-0.2, -0.15) is 0 Å². The number of methoxy groups -OCH3 is 2. The molecule has 1 fully saturated rings. The summed E-state index contributed by atoms with van der Waals surface area (Å²) in [6.45, 7) is 5.46. The van der Waals surface area contributed by atoms with Crippen LogP contribution in [0.1, 0.15) is 48.3 Å². The van der Waals surface area contributed by atoms with Crippen LogP contribution in [0.4, 0.5) is 0 Å². The van der Waals surface area contributed by atoms with Crippen molar-refractivity contribution in [1.82, 2.24) is 0 Å².